The molecule has 140 valence electrons. The van der Waals surface area contributed by atoms with Crippen LogP contribution in [-0.4, -0.2) is 23.0 Å². The topological polar surface area (TPSA) is 38.3 Å². The van der Waals surface area contributed by atoms with E-state index < -0.39 is 23.4 Å². The maximum absolute atomic E-state index is 12.8. The summed E-state index contributed by atoms with van der Waals surface area (Å²) in [5.41, 5.74) is -1.14. The molecule has 0 spiro atoms. The van der Waals surface area contributed by atoms with Crippen LogP contribution in [0, 0.1) is 0 Å². The number of alkyl halides is 3. The number of amides is 1. The van der Waals surface area contributed by atoms with Gasteiger partial charge in [-0.05, 0) is 64.7 Å². The van der Waals surface area contributed by atoms with E-state index in [0.29, 0.717) is 4.90 Å². The number of nitrogens with one attached hydrogen (secondary N) is 1. The first kappa shape index (κ1) is 19.9. The van der Waals surface area contributed by atoms with Crippen molar-refractivity contribution in [2.45, 2.75) is 74.4 Å². The number of hydrogen-bond acceptors (Lipinski definition) is 3. The maximum atomic E-state index is 12.8. The molecule has 2 rings (SSSR count). The number of alkyl carbamates (subject to hydrolysis) is 1. The monoisotopic (exact) mass is 375 g/mol. The Bertz CT molecular complexity index is 591. The van der Waals surface area contributed by atoms with E-state index in [1.807, 2.05) is 20.8 Å². The third kappa shape index (κ3) is 6.80. The standard InChI is InChI=1S/C18H24F3NO2S/c1-17(2,3)24-16(23)22-13-7-9-14(10-8-13)25-15-6-4-5-12(11-15)18(19,20)21/h4-6,11,13-14H,7-10H2,1-3H3,(H,22,23)/t13-,14+. The van der Waals surface area contributed by atoms with Crippen LogP contribution in [-0.2, 0) is 10.9 Å². The van der Waals surface area contributed by atoms with E-state index >= 15 is 0 Å². The van der Waals surface area contributed by atoms with Crippen LogP contribution in [0.1, 0.15) is 52.0 Å². The molecule has 0 aromatic heterocycles. The predicted octanol–water partition coefficient (Wildman–Crippen LogP) is 5.63. The van der Waals surface area contributed by atoms with Gasteiger partial charge >= 0.3 is 12.3 Å². The van der Waals surface area contributed by atoms with Crippen molar-refractivity contribution in [1.29, 1.82) is 0 Å². The Kier molecular flexibility index (Phi) is 6.30. The second-order valence-electron chi connectivity index (χ2n) is 7.26. The molecule has 7 heteroatoms. The van der Waals surface area contributed by atoms with Gasteiger partial charge in [-0.3, -0.25) is 0 Å². The summed E-state index contributed by atoms with van der Waals surface area (Å²) >= 11 is 1.48. The molecule has 1 aromatic carbocycles. The molecular weight excluding hydrogens is 351 g/mol. The van der Waals surface area contributed by atoms with Crippen LogP contribution in [0.25, 0.3) is 0 Å². The lowest BCUT2D eigenvalue weighted by Gasteiger charge is -2.29. The van der Waals surface area contributed by atoms with Crippen molar-refractivity contribution in [3.05, 3.63) is 29.8 Å². The highest BCUT2D eigenvalue weighted by atomic mass is 32.2. The quantitative estimate of drug-likeness (QED) is 0.744. The molecule has 0 atom stereocenters. The van der Waals surface area contributed by atoms with E-state index in [-0.39, 0.29) is 11.3 Å². The molecule has 1 aliphatic rings. The van der Waals surface area contributed by atoms with Crippen LogP contribution < -0.4 is 5.32 Å². The molecule has 0 unspecified atom stereocenters. The average molecular weight is 375 g/mol. The van der Waals surface area contributed by atoms with Gasteiger partial charge in [-0.15, -0.1) is 11.8 Å². The highest BCUT2D eigenvalue weighted by Crippen LogP contribution is 2.37. The van der Waals surface area contributed by atoms with Crippen LogP contribution in [0.2, 0.25) is 0 Å². The summed E-state index contributed by atoms with van der Waals surface area (Å²) in [6.07, 6.45) is -1.43. The lowest BCUT2D eigenvalue weighted by atomic mass is 9.95. The highest BCUT2D eigenvalue weighted by molar-refractivity contribution is 8.00. The lowest BCUT2D eigenvalue weighted by molar-refractivity contribution is -0.137. The fourth-order valence-electron chi connectivity index (χ4n) is 2.74. The van der Waals surface area contributed by atoms with Crippen LogP contribution in [0.4, 0.5) is 18.0 Å². The molecular formula is C18H24F3NO2S. The third-order valence-corrected chi connectivity index (χ3v) is 5.19. The van der Waals surface area contributed by atoms with Gasteiger partial charge in [-0.1, -0.05) is 6.07 Å². The SMILES string of the molecule is CC(C)(C)OC(=O)N[C@H]1CC[C@@H](Sc2cccc(C(F)(F)F)c2)CC1. The van der Waals surface area contributed by atoms with Gasteiger partial charge in [-0.2, -0.15) is 13.2 Å². The number of carbonyl (C=O) groups excluding carboxylic acids is 1. The minimum Gasteiger partial charge on any atom is -0.444 e. The van der Waals surface area contributed by atoms with E-state index in [9.17, 15) is 18.0 Å². The number of thioether (sulfide) groups is 1. The molecule has 0 saturated heterocycles. The molecule has 0 bridgehead atoms. The fourth-order valence-corrected chi connectivity index (χ4v) is 3.98. The van der Waals surface area contributed by atoms with E-state index in [0.717, 1.165) is 31.7 Å². The number of benzene rings is 1. The fraction of sp³-hybridized carbons (Fsp3) is 0.611. The molecule has 25 heavy (non-hydrogen) atoms. The molecule has 1 N–H and O–H groups in total. The number of carbonyl (C=O) groups is 1. The van der Waals surface area contributed by atoms with Crippen LogP contribution in [0.15, 0.2) is 29.2 Å². The van der Waals surface area contributed by atoms with Crippen molar-refractivity contribution >= 4 is 17.9 Å². The van der Waals surface area contributed by atoms with Crippen LogP contribution in [0.3, 0.4) is 0 Å². The number of rotatable bonds is 3. The molecule has 1 aliphatic carbocycles. The predicted molar refractivity (Wildman–Crippen MR) is 92.7 cm³/mol. The first-order chi connectivity index (χ1) is 11.5. The molecule has 0 radical (unpaired) electrons. The third-order valence-electron chi connectivity index (χ3n) is 3.86. The van der Waals surface area contributed by atoms with E-state index in [2.05, 4.69) is 5.32 Å². The van der Waals surface area contributed by atoms with Gasteiger partial charge in [0, 0.05) is 16.2 Å². The van der Waals surface area contributed by atoms with Crippen LogP contribution in [0.5, 0.6) is 0 Å². The summed E-state index contributed by atoms with van der Waals surface area (Å²) in [6.45, 7) is 5.44. The summed E-state index contributed by atoms with van der Waals surface area (Å²) in [4.78, 5) is 12.4. The van der Waals surface area contributed by atoms with Gasteiger partial charge in [0.05, 0.1) is 5.56 Å². The Morgan fingerprint density at radius 2 is 1.80 bits per heavy atom. The molecule has 1 saturated carbocycles. The Hall–Kier alpha value is -1.37. The molecule has 0 aliphatic heterocycles. The van der Waals surface area contributed by atoms with Crippen molar-refractivity contribution in [2.75, 3.05) is 0 Å². The first-order valence-electron chi connectivity index (χ1n) is 8.36. The zero-order chi connectivity index (χ0) is 18.7. The smallest absolute Gasteiger partial charge is 0.416 e. The Balaban J connectivity index is 1.82. The lowest BCUT2D eigenvalue weighted by Crippen LogP contribution is -2.41. The summed E-state index contributed by atoms with van der Waals surface area (Å²) in [7, 11) is 0. The average Bonchev–Trinajstić information content (AvgIpc) is 2.47. The van der Waals surface area contributed by atoms with Gasteiger partial charge in [0.2, 0.25) is 0 Å². The summed E-state index contributed by atoms with van der Waals surface area (Å²) in [6, 6.07) is 5.51. The molecule has 3 nitrogen and oxygen atoms in total. The van der Waals surface area contributed by atoms with Gasteiger partial charge < -0.3 is 10.1 Å². The molecule has 0 heterocycles. The maximum Gasteiger partial charge on any atom is 0.416 e. The largest absolute Gasteiger partial charge is 0.444 e. The Labute approximate surface area is 150 Å². The Morgan fingerprint density at radius 3 is 2.36 bits per heavy atom. The molecule has 1 fully saturated rings. The minimum atomic E-state index is -4.31. The summed E-state index contributed by atoms with van der Waals surface area (Å²) in [5.74, 6) is 0. The zero-order valence-electron chi connectivity index (χ0n) is 14.7. The van der Waals surface area contributed by atoms with E-state index in [1.54, 1.807) is 6.07 Å². The summed E-state index contributed by atoms with van der Waals surface area (Å²) < 4.78 is 43.6. The van der Waals surface area contributed by atoms with Crippen molar-refractivity contribution < 1.29 is 22.7 Å². The Morgan fingerprint density at radius 1 is 1.16 bits per heavy atom. The van der Waals surface area contributed by atoms with E-state index in [4.69, 9.17) is 4.74 Å². The van der Waals surface area contributed by atoms with Gasteiger partial charge in [-0.25, -0.2) is 4.79 Å². The zero-order valence-corrected chi connectivity index (χ0v) is 15.5. The number of ether oxygens (including phenoxy) is 1. The van der Waals surface area contributed by atoms with Crippen LogP contribution >= 0.6 is 11.8 Å². The molecule has 1 aromatic rings. The minimum absolute atomic E-state index is 0.0632. The molecule has 1 amide bonds. The van der Waals surface area contributed by atoms with Crippen molar-refractivity contribution in [2.24, 2.45) is 0 Å². The van der Waals surface area contributed by atoms with E-state index in [1.165, 1.54) is 23.9 Å². The highest BCUT2D eigenvalue weighted by Gasteiger charge is 2.31. The van der Waals surface area contributed by atoms with Crippen molar-refractivity contribution in [3.63, 3.8) is 0 Å². The normalized spacial score (nSPS) is 21.7. The second kappa shape index (κ2) is 7.89. The second-order valence-corrected chi connectivity index (χ2v) is 8.64. The van der Waals surface area contributed by atoms with Crippen molar-refractivity contribution in [1.82, 2.24) is 5.32 Å². The first-order valence-corrected chi connectivity index (χ1v) is 9.24. The summed E-state index contributed by atoms with van der Waals surface area (Å²) in [5, 5.41) is 3.13. The number of hydrogen-bond donors (Lipinski definition) is 1. The van der Waals surface area contributed by atoms with Gasteiger partial charge in [0.15, 0.2) is 0 Å². The number of halogens is 3. The van der Waals surface area contributed by atoms with Crippen molar-refractivity contribution in [3.8, 4) is 0 Å². The van der Waals surface area contributed by atoms with Gasteiger partial charge in [0.1, 0.15) is 5.60 Å². The van der Waals surface area contributed by atoms with Gasteiger partial charge in [0.25, 0.3) is 0 Å².